The third-order valence-corrected chi connectivity index (χ3v) is 2.92. The minimum absolute atomic E-state index is 0.241. The number of esters is 1. The molecule has 0 fully saturated rings. The first-order chi connectivity index (χ1) is 11.6. The summed E-state index contributed by atoms with van der Waals surface area (Å²) in [4.78, 5) is 23.2. The summed E-state index contributed by atoms with van der Waals surface area (Å²) in [6.07, 6.45) is 1.33. The van der Waals surface area contributed by atoms with Crippen LogP contribution in [0.25, 0.3) is 0 Å². The number of benzene rings is 2. The molecule has 0 aromatic heterocycles. The number of carbonyl (C=O) groups excluding carboxylic acids is 2. The average molecular weight is 330 g/mol. The molecule has 0 saturated carbocycles. The molecule has 0 radical (unpaired) electrons. The van der Waals surface area contributed by atoms with Crippen LogP contribution in [-0.4, -0.2) is 31.8 Å². The largest absolute Gasteiger partial charge is 0.484 e. The van der Waals surface area contributed by atoms with Crippen LogP contribution in [0.3, 0.4) is 0 Å². The number of ether oxygens (including phenoxy) is 2. The third-order valence-electron chi connectivity index (χ3n) is 2.92. The van der Waals surface area contributed by atoms with Crippen molar-refractivity contribution in [3.05, 3.63) is 65.5 Å². The van der Waals surface area contributed by atoms with E-state index in [1.165, 1.54) is 37.6 Å². The number of halogens is 1. The van der Waals surface area contributed by atoms with Crippen molar-refractivity contribution in [3.63, 3.8) is 0 Å². The van der Waals surface area contributed by atoms with Crippen LogP contribution in [0.5, 0.6) is 5.75 Å². The van der Waals surface area contributed by atoms with Crippen molar-refractivity contribution >= 4 is 18.1 Å². The molecule has 0 unspecified atom stereocenters. The first-order valence-corrected chi connectivity index (χ1v) is 6.98. The Labute approximate surface area is 137 Å². The number of hydrogen-bond donors (Lipinski definition) is 1. The second kappa shape index (κ2) is 8.42. The van der Waals surface area contributed by atoms with Crippen molar-refractivity contribution in [2.24, 2.45) is 5.10 Å². The molecule has 24 heavy (non-hydrogen) atoms. The van der Waals surface area contributed by atoms with Crippen LogP contribution in [-0.2, 0) is 9.53 Å². The van der Waals surface area contributed by atoms with Gasteiger partial charge in [0.1, 0.15) is 11.6 Å². The lowest BCUT2D eigenvalue weighted by Crippen LogP contribution is -2.24. The fourth-order valence-corrected chi connectivity index (χ4v) is 1.82. The van der Waals surface area contributed by atoms with Crippen molar-refractivity contribution in [1.29, 1.82) is 0 Å². The summed E-state index contributed by atoms with van der Waals surface area (Å²) in [6, 6.07) is 12.1. The standard InChI is InChI=1S/C17H15FN2O4/c1-23-17(22)15-8-3-2-5-12(15)10-19-20-16(21)11-24-14-7-4-6-13(18)9-14/h2-10H,11H2,1H3,(H,20,21)/b19-10-. The van der Waals surface area contributed by atoms with Crippen LogP contribution >= 0.6 is 0 Å². The maximum absolute atomic E-state index is 13.0. The van der Waals surface area contributed by atoms with E-state index in [2.05, 4.69) is 15.3 Å². The molecule has 2 aromatic carbocycles. The Morgan fingerprint density at radius 1 is 1.21 bits per heavy atom. The Hall–Kier alpha value is -3.22. The van der Waals surface area contributed by atoms with E-state index in [9.17, 15) is 14.0 Å². The van der Waals surface area contributed by atoms with Gasteiger partial charge in [-0.15, -0.1) is 0 Å². The molecular weight excluding hydrogens is 315 g/mol. The molecule has 2 rings (SSSR count). The van der Waals surface area contributed by atoms with Crippen LogP contribution in [0.2, 0.25) is 0 Å². The van der Waals surface area contributed by atoms with Gasteiger partial charge in [-0.25, -0.2) is 14.6 Å². The van der Waals surface area contributed by atoms with Gasteiger partial charge in [0.15, 0.2) is 6.61 Å². The summed E-state index contributed by atoms with van der Waals surface area (Å²) < 4.78 is 22.8. The summed E-state index contributed by atoms with van der Waals surface area (Å²) in [5.74, 6) is -1.24. The van der Waals surface area contributed by atoms with Crippen LogP contribution < -0.4 is 10.2 Å². The molecule has 2 aromatic rings. The number of nitrogens with zero attached hydrogens (tertiary/aromatic N) is 1. The molecule has 1 amide bonds. The molecule has 0 heterocycles. The lowest BCUT2D eigenvalue weighted by atomic mass is 10.1. The van der Waals surface area contributed by atoms with Gasteiger partial charge in [-0.1, -0.05) is 24.3 Å². The van der Waals surface area contributed by atoms with Gasteiger partial charge < -0.3 is 9.47 Å². The molecule has 124 valence electrons. The predicted octanol–water partition coefficient (Wildman–Crippen LogP) is 2.14. The van der Waals surface area contributed by atoms with Gasteiger partial charge in [0.05, 0.1) is 18.9 Å². The fourth-order valence-electron chi connectivity index (χ4n) is 1.82. The SMILES string of the molecule is COC(=O)c1ccccc1/C=N\NC(=O)COc1cccc(F)c1. The molecule has 0 bridgehead atoms. The highest BCUT2D eigenvalue weighted by Crippen LogP contribution is 2.11. The van der Waals surface area contributed by atoms with E-state index in [0.717, 1.165) is 0 Å². The van der Waals surface area contributed by atoms with Crippen LogP contribution in [0.15, 0.2) is 53.6 Å². The van der Waals surface area contributed by atoms with Gasteiger partial charge in [-0.3, -0.25) is 4.79 Å². The maximum atomic E-state index is 13.0. The first kappa shape index (κ1) is 17.1. The van der Waals surface area contributed by atoms with Crippen LogP contribution in [0, 0.1) is 5.82 Å². The molecule has 6 nitrogen and oxygen atoms in total. The molecule has 1 N–H and O–H groups in total. The van der Waals surface area contributed by atoms with E-state index < -0.39 is 17.7 Å². The fraction of sp³-hybridized carbons (Fsp3) is 0.118. The number of hydrogen-bond acceptors (Lipinski definition) is 5. The monoisotopic (exact) mass is 330 g/mol. The van der Waals surface area contributed by atoms with E-state index in [-0.39, 0.29) is 12.4 Å². The number of amides is 1. The van der Waals surface area contributed by atoms with Crippen LogP contribution in [0.4, 0.5) is 4.39 Å². The molecule has 7 heteroatoms. The highest BCUT2D eigenvalue weighted by Gasteiger charge is 2.09. The van der Waals surface area contributed by atoms with Crippen molar-refractivity contribution in [2.45, 2.75) is 0 Å². The Morgan fingerprint density at radius 3 is 2.75 bits per heavy atom. The topological polar surface area (TPSA) is 77.0 Å². The van der Waals surface area contributed by atoms with Crippen LogP contribution in [0.1, 0.15) is 15.9 Å². The molecule has 0 spiro atoms. The van der Waals surface area contributed by atoms with Crippen molar-refractivity contribution in [3.8, 4) is 5.75 Å². The Bertz CT molecular complexity index is 762. The molecule has 0 atom stereocenters. The van der Waals surface area contributed by atoms with Gasteiger partial charge >= 0.3 is 5.97 Å². The minimum atomic E-state index is -0.522. The van der Waals surface area contributed by atoms with E-state index in [0.29, 0.717) is 11.1 Å². The lowest BCUT2D eigenvalue weighted by Gasteiger charge is -2.05. The van der Waals surface area contributed by atoms with Gasteiger partial charge in [0, 0.05) is 11.6 Å². The number of rotatable bonds is 6. The minimum Gasteiger partial charge on any atom is -0.484 e. The number of methoxy groups -OCH3 is 1. The zero-order valence-corrected chi connectivity index (χ0v) is 12.9. The summed E-state index contributed by atoms with van der Waals surface area (Å²) >= 11 is 0. The lowest BCUT2D eigenvalue weighted by molar-refractivity contribution is -0.123. The summed E-state index contributed by atoms with van der Waals surface area (Å²) in [7, 11) is 1.28. The number of nitrogens with one attached hydrogen (secondary N) is 1. The summed E-state index contributed by atoms with van der Waals surface area (Å²) in [5.41, 5.74) is 3.08. The molecule has 0 aliphatic heterocycles. The summed E-state index contributed by atoms with van der Waals surface area (Å²) in [6.45, 7) is -0.320. The summed E-state index contributed by atoms with van der Waals surface area (Å²) in [5, 5.41) is 3.76. The quantitative estimate of drug-likeness (QED) is 0.500. The van der Waals surface area contributed by atoms with Crippen molar-refractivity contribution in [2.75, 3.05) is 13.7 Å². The zero-order valence-electron chi connectivity index (χ0n) is 12.9. The average Bonchev–Trinajstić information content (AvgIpc) is 2.60. The molecule has 0 aliphatic carbocycles. The van der Waals surface area contributed by atoms with E-state index in [4.69, 9.17) is 4.74 Å². The second-order valence-corrected chi connectivity index (χ2v) is 4.62. The van der Waals surface area contributed by atoms with E-state index in [1.807, 2.05) is 0 Å². The Balaban J connectivity index is 1.90. The number of carbonyl (C=O) groups is 2. The van der Waals surface area contributed by atoms with Gasteiger partial charge in [-0.05, 0) is 18.2 Å². The van der Waals surface area contributed by atoms with E-state index >= 15 is 0 Å². The Kier molecular flexibility index (Phi) is 6.01. The highest BCUT2D eigenvalue weighted by atomic mass is 19.1. The van der Waals surface area contributed by atoms with E-state index in [1.54, 1.807) is 24.3 Å². The molecule has 0 saturated heterocycles. The third kappa shape index (κ3) is 4.91. The van der Waals surface area contributed by atoms with Gasteiger partial charge in [0.25, 0.3) is 5.91 Å². The van der Waals surface area contributed by atoms with Gasteiger partial charge in [0.2, 0.25) is 0 Å². The molecular formula is C17H15FN2O4. The second-order valence-electron chi connectivity index (χ2n) is 4.62. The van der Waals surface area contributed by atoms with Crippen molar-refractivity contribution in [1.82, 2.24) is 5.43 Å². The maximum Gasteiger partial charge on any atom is 0.338 e. The zero-order chi connectivity index (χ0) is 17.4. The van der Waals surface area contributed by atoms with Gasteiger partial charge in [-0.2, -0.15) is 5.10 Å². The first-order valence-electron chi connectivity index (χ1n) is 6.98. The smallest absolute Gasteiger partial charge is 0.338 e. The highest BCUT2D eigenvalue weighted by molar-refractivity contribution is 5.99. The predicted molar refractivity (Wildman–Crippen MR) is 85.4 cm³/mol. The normalized spacial score (nSPS) is 10.4. The Morgan fingerprint density at radius 2 is 2.00 bits per heavy atom. The molecule has 0 aliphatic rings. The van der Waals surface area contributed by atoms with Crippen molar-refractivity contribution < 1.29 is 23.5 Å². The number of hydrazone groups is 1.